The van der Waals surface area contributed by atoms with Crippen LogP contribution in [-0.2, 0) is 6.54 Å². The van der Waals surface area contributed by atoms with Gasteiger partial charge in [0.2, 0.25) is 0 Å². The molecule has 1 aromatic carbocycles. The van der Waals surface area contributed by atoms with E-state index in [4.69, 9.17) is 0 Å². The summed E-state index contributed by atoms with van der Waals surface area (Å²) in [6.07, 6.45) is 0. The number of anilines is 1. The van der Waals surface area contributed by atoms with E-state index >= 15 is 0 Å². The fourth-order valence-corrected chi connectivity index (χ4v) is 2.31. The fraction of sp³-hybridized carbons (Fsp3) is 0.231. The normalized spacial score (nSPS) is 10.3. The van der Waals surface area contributed by atoms with Gasteiger partial charge in [-0.25, -0.2) is 14.2 Å². The molecular weight excluding hydrogens is 265 g/mol. The summed E-state index contributed by atoms with van der Waals surface area (Å²) in [7, 11) is 0. The predicted octanol–water partition coefficient (Wildman–Crippen LogP) is 3.22. The zero-order valence-electron chi connectivity index (χ0n) is 10.7. The first-order chi connectivity index (χ1) is 9.04. The number of carbonyl (C=O) groups is 1. The molecule has 4 nitrogen and oxygen atoms in total. The Kier molecular flexibility index (Phi) is 4.11. The van der Waals surface area contributed by atoms with Gasteiger partial charge in [0.1, 0.15) is 5.82 Å². The molecule has 0 radical (unpaired) electrons. The molecule has 0 aliphatic heterocycles. The van der Waals surface area contributed by atoms with Crippen LogP contribution in [0, 0.1) is 19.7 Å². The Hall–Kier alpha value is -1.95. The zero-order valence-corrected chi connectivity index (χ0v) is 11.5. The molecule has 2 rings (SSSR count). The van der Waals surface area contributed by atoms with Crippen LogP contribution in [0.4, 0.5) is 14.3 Å². The monoisotopic (exact) mass is 279 g/mol. The van der Waals surface area contributed by atoms with Gasteiger partial charge >= 0.3 is 6.03 Å². The number of amides is 2. The Bertz CT molecular complexity index is 578. The first kappa shape index (κ1) is 13.5. The van der Waals surface area contributed by atoms with Crippen molar-refractivity contribution in [3.8, 4) is 0 Å². The lowest BCUT2D eigenvalue weighted by Crippen LogP contribution is -2.28. The maximum atomic E-state index is 12.9. The molecule has 1 heterocycles. The number of halogens is 1. The molecule has 0 atom stereocenters. The number of urea groups is 1. The van der Waals surface area contributed by atoms with Gasteiger partial charge in [-0.3, -0.25) is 5.32 Å². The summed E-state index contributed by atoms with van der Waals surface area (Å²) in [6.45, 7) is 4.11. The minimum absolute atomic E-state index is 0.271. The molecule has 2 N–H and O–H groups in total. The fourth-order valence-electron chi connectivity index (χ4n) is 1.50. The maximum Gasteiger partial charge on any atom is 0.321 e. The average molecular weight is 279 g/mol. The molecule has 0 unspecified atom stereocenters. The van der Waals surface area contributed by atoms with Crippen molar-refractivity contribution >= 4 is 22.5 Å². The molecule has 0 aliphatic rings. The molecular formula is C13H14FN3OS. The van der Waals surface area contributed by atoms with E-state index in [1.807, 2.05) is 13.8 Å². The SMILES string of the molecule is Cc1nc(NC(=O)NCc2cccc(F)c2)sc1C. The third-order valence-electron chi connectivity index (χ3n) is 2.59. The average Bonchev–Trinajstić information content (AvgIpc) is 2.66. The highest BCUT2D eigenvalue weighted by molar-refractivity contribution is 7.15. The van der Waals surface area contributed by atoms with E-state index in [1.165, 1.54) is 23.5 Å². The minimum Gasteiger partial charge on any atom is -0.334 e. The van der Waals surface area contributed by atoms with Gasteiger partial charge in [-0.1, -0.05) is 12.1 Å². The molecule has 19 heavy (non-hydrogen) atoms. The van der Waals surface area contributed by atoms with Crippen LogP contribution in [0.15, 0.2) is 24.3 Å². The van der Waals surface area contributed by atoms with Crippen molar-refractivity contribution in [2.75, 3.05) is 5.32 Å². The van der Waals surface area contributed by atoms with Crippen molar-refractivity contribution in [2.45, 2.75) is 20.4 Å². The van der Waals surface area contributed by atoms with Crippen molar-refractivity contribution in [3.63, 3.8) is 0 Å². The van der Waals surface area contributed by atoms with E-state index in [0.29, 0.717) is 10.7 Å². The number of aryl methyl sites for hydroxylation is 2. The molecule has 0 spiro atoms. The van der Waals surface area contributed by atoms with E-state index in [0.717, 1.165) is 10.6 Å². The lowest BCUT2D eigenvalue weighted by Gasteiger charge is -2.05. The van der Waals surface area contributed by atoms with Crippen LogP contribution in [0.1, 0.15) is 16.1 Å². The zero-order chi connectivity index (χ0) is 13.8. The van der Waals surface area contributed by atoms with Crippen molar-refractivity contribution in [1.82, 2.24) is 10.3 Å². The first-order valence-electron chi connectivity index (χ1n) is 5.78. The molecule has 0 fully saturated rings. The third kappa shape index (κ3) is 3.75. The van der Waals surface area contributed by atoms with E-state index < -0.39 is 0 Å². The van der Waals surface area contributed by atoms with Crippen molar-refractivity contribution in [2.24, 2.45) is 0 Å². The Morgan fingerprint density at radius 1 is 1.42 bits per heavy atom. The Morgan fingerprint density at radius 2 is 2.21 bits per heavy atom. The lowest BCUT2D eigenvalue weighted by molar-refractivity contribution is 0.251. The van der Waals surface area contributed by atoms with E-state index in [1.54, 1.807) is 12.1 Å². The molecule has 2 amide bonds. The molecule has 0 aliphatic carbocycles. The Morgan fingerprint density at radius 3 is 2.84 bits per heavy atom. The molecule has 6 heteroatoms. The van der Waals surface area contributed by atoms with E-state index in [2.05, 4.69) is 15.6 Å². The third-order valence-corrected chi connectivity index (χ3v) is 3.58. The van der Waals surface area contributed by atoms with Gasteiger partial charge in [-0.15, -0.1) is 11.3 Å². The summed E-state index contributed by atoms with van der Waals surface area (Å²) in [5, 5.41) is 5.87. The smallest absolute Gasteiger partial charge is 0.321 e. The summed E-state index contributed by atoms with van der Waals surface area (Å²) in [5.74, 6) is -0.314. The second-order valence-corrected chi connectivity index (χ2v) is 5.30. The highest BCUT2D eigenvalue weighted by Gasteiger charge is 2.07. The number of aromatic nitrogens is 1. The van der Waals surface area contributed by atoms with Crippen LogP contribution >= 0.6 is 11.3 Å². The van der Waals surface area contributed by atoms with Crippen LogP contribution in [0.2, 0.25) is 0 Å². The largest absolute Gasteiger partial charge is 0.334 e. The summed E-state index contributed by atoms with van der Waals surface area (Å²) in [5.41, 5.74) is 1.62. The van der Waals surface area contributed by atoms with E-state index in [9.17, 15) is 9.18 Å². The minimum atomic E-state index is -0.349. The number of nitrogens with one attached hydrogen (secondary N) is 2. The molecule has 0 saturated carbocycles. The van der Waals surface area contributed by atoms with Crippen molar-refractivity contribution in [1.29, 1.82) is 0 Å². The molecule has 0 bridgehead atoms. The number of carbonyl (C=O) groups excluding carboxylic acids is 1. The molecule has 1 aromatic heterocycles. The highest BCUT2D eigenvalue weighted by atomic mass is 32.1. The van der Waals surface area contributed by atoms with E-state index in [-0.39, 0.29) is 18.4 Å². The van der Waals surface area contributed by atoms with Crippen molar-refractivity contribution < 1.29 is 9.18 Å². The summed E-state index contributed by atoms with van der Waals surface area (Å²) in [4.78, 5) is 16.9. The van der Waals surface area contributed by atoms with Gasteiger partial charge in [0.05, 0.1) is 5.69 Å². The number of hydrogen-bond donors (Lipinski definition) is 2. The first-order valence-corrected chi connectivity index (χ1v) is 6.59. The van der Waals surface area contributed by atoms with Gasteiger partial charge in [0.25, 0.3) is 0 Å². The van der Waals surface area contributed by atoms with Crippen molar-refractivity contribution in [3.05, 3.63) is 46.2 Å². The molecule has 2 aromatic rings. The number of nitrogens with zero attached hydrogens (tertiary/aromatic N) is 1. The second-order valence-electron chi connectivity index (χ2n) is 4.10. The molecule has 100 valence electrons. The standard InChI is InChI=1S/C13H14FN3OS/c1-8-9(2)19-13(16-8)17-12(18)15-7-10-4-3-5-11(14)6-10/h3-6H,7H2,1-2H3,(H2,15,16,17,18). The number of rotatable bonds is 3. The van der Waals surface area contributed by atoms with Gasteiger partial charge < -0.3 is 5.32 Å². The quantitative estimate of drug-likeness (QED) is 0.906. The Labute approximate surface area is 114 Å². The summed E-state index contributed by atoms with van der Waals surface area (Å²) < 4.78 is 12.9. The van der Waals surface area contributed by atoms with Gasteiger partial charge in [0.15, 0.2) is 5.13 Å². The number of benzene rings is 1. The molecule has 0 saturated heterocycles. The summed E-state index contributed by atoms with van der Waals surface area (Å²) in [6, 6.07) is 5.76. The topological polar surface area (TPSA) is 54.0 Å². The highest BCUT2D eigenvalue weighted by Crippen LogP contribution is 2.20. The lowest BCUT2D eigenvalue weighted by atomic mass is 10.2. The predicted molar refractivity (Wildman–Crippen MR) is 73.8 cm³/mol. The number of thiazole rings is 1. The second kappa shape index (κ2) is 5.79. The van der Waals surface area contributed by atoms with Crippen LogP contribution in [0.25, 0.3) is 0 Å². The Balaban J connectivity index is 1.88. The van der Waals surface area contributed by atoms with Gasteiger partial charge in [-0.2, -0.15) is 0 Å². The maximum absolute atomic E-state index is 12.9. The van der Waals surface area contributed by atoms with Crippen LogP contribution < -0.4 is 10.6 Å². The summed E-state index contributed by atoms with van der Waals surface area (Å²) >= 11 is 1.42. The van der Waals surface area contributed by atoms with Crippen LogP contribution in [0.3, 0.4) is 0 Å². The van der Waals surface area contributed by atoms with Gasteiger partial charge in [-0.05, 0) is 31.5 Å². The van der Waals surface area contributed by atoms with Gasteiger partial charge in [0, 0.05) is 11.4 Å². The van der Waals surface area contributed by atoms with Crippen LogP contribution in [-0.4, -0.2) is 11.0 Å². The number of hydrogen-bond acceptors (Lipinski definition) is 3. The van der Waals surface area contributed by atoms with Crippen LogP contribution in [0.5, 0.6) is 0 Å².